The van der Waals surface area contributed by atoms with Gasteiger partial charge in [-0.25, -0.2) is 8.78 Å². The number of carbonyl (C=O) groups excluding carboxylic acids is 2. The van der Waals surface area contributed by atoms with E-state index in [2.05, 4.69) is 0 Å². The lowest BCUT2D eigenvalue weighted by molar-refractivity contribution is -0.228. The van der Waals surface area contributed by atoms with Crippen LogP contribution in [0.1, 0.15) is 70.2 Å². The number of nitrogens with zero attached hydrogens (tertiary/aromatic N) is 3. The second-order valence-corrected chi connectivity index (χ2v) is 10.8. The number of aromatic nitrogens is 1. The molecule has 0 aliphatic carbocycles. The maximum absolute atomic E-state index is 14.8. The van der Waals surface area contributed by atoms with Crippen molar-refractivity contribution >= 4 is 11.8 Å². The Morgan fingerprint density at radius 1 is 1.18 bits per heavy atom. The molecule has 3 aromatic rings. The molecule has 2 aromatic carbocycles. The lowest BCUT2D eigenvalue weighted by atomic mass is 9.82. The van der Waals surface area contributed by atoms with E-state index in [1.165, 1.54) is 22.9 Å². The summed E-state index contributed by atoms with van der Waals surface area (Å²) in [6.45, 7) is 2.12. The Labute approximate surface area is 228 Å². The number of hydrogen-bond acceptors (Lipinski definition) is 6. The number of amides is 2. The molecule has 4 atom stereocenters. The van der Waals surface area contributed by atoms with Gasteiger partial charge < -0.3 is 20.3 Å². The first kappa shape index (κ1) is 26.1. The van der Waals surface area contributed by atoms with Gasteiger partial charge in [-0.05, 0) is 31.4 Å². The number of carbonyl (C=O) groups is 2. The smallest absolute Gasteiger partial charge is 0.274 e. The van der Waals surface area contributed by atoms with Crippen LogP contribution in [-0.2, 0) is 11.4 Å². The third-order valence-electron chi connectivity index (χ3n) is 8.48. The summed E-state index contributed by atoms with van der Waals surface area (Å²) in [5.41, 5.74) is 4.00. The molecule has 3 aliphatic heterocycles. The van der Waals surface area contributed by atoms with Gasteiger partial charge in [-0.3, -0.25) is 19.2 Å². The molecule has 2 saturated heterocycles. The summed E-state index contributed by atoms with van der Waals surface area (Å²) in [5, 5.41) is 12.5. The number of hydrogen-bond donors (Lipinski definition) is 2. The molecule has 0 saturated carbocycles. The Kier molecular flexibility index (Phi) is 6.23. The molecular weight excluding hydrogens is 522 g/mol. The third kappa shape index (κ3) is 4.08. The standard InChI is InChI=1S/C29H28F2N4O5/c1-16-9-10-29(23-15-33(16)28(39)24-26(37)25(36)20(27(32)38)14-34(23)24)12-22(17-5-3-2-4-6-17)35(40-29)13-18-7-8-19(30)11-21(18)31/h2-8,11,14,16,22-23,37H,9-10,12-13,15H2,1H3,(H2,32,38)/t16-,22?,23+,29-/m0/s1. The minimum atomic E-state index is -1.02. The van der Waals surface area contributed by atoms with E-state index in [-0.39, 0.29) is 36.4 Å². The van der Waals surface area contributed by atoms with Crippen LogP contribution in [0.25, 0.3) is 0 Å². The summed E-state index contributed by atoms with van der Waals surface area (Å²) in [7, 11) is 0. The van der Waals surface area contributed by atoms with E-state index in [0.29, 0.717) is 19.3 Å². The van der Waals surface area contributed by atoms with Gasteiger partial charge in [-0.1, -0.05) is 36.4 Å². The summed E-state index contributed by atoms with van der Waals surface area (Å²) in [5.74, 6) is -3.75. The maximum atomic E-state index is 14.8. The predicted octanol–water partition coefficient (Wildman–Crippen LogP) is 3.43. The van der Waals surface area contributed by atoms with E-state index in [1.54, 1.807) is 9.96 Å². The van der Waals surface area contributed by atoms with Crippen LogP contribution in [0.2, 0.25) is 0 Å². The van der Waals surface area contributed by atoms with Crippen LogP contribution >= 0.6 is 0 Å². The van der Waals surface area contributed by atoms with Gasteiger partial charge in [-0.15, -0.1) is 0 Å². The van der Waals surface area contributed by atoms with Crippen molar-refractivity contribution in [3.63, 3.8) is 0 Å². The van der Waals surface area contributed by atoms with Gasteiger partial charge >= 0.3 is 0 Å². The number of pyridine rings is 1. The highest BCUT2D eigenvalue weighted by Crippen LogP contribution is 2.52. The molecule has 2 bridgehead atoms. The van der Waals surface area contributed by atoms with E-state index in [0.717, 1.165) is 11.6 Å². The molecule has 208 valence electrons. The van der Waals surface area contributed by atoms with Crippen LogP contribution in [0.5, 0.6) is 5.75 Å². The highest BCUT2D eigenvalue weighted by molar-refractivity contribution is 5.99. The molecule has 1 unspecified atom stereocenters. The molecule has 6 rings (SSSR count). The Bertz CT molecular complexity index is 1580. The molecule has 2 fully saturated rings. The Hall–Kier alpha value is -4.09. The summed E-state index contributed by atoms with van der Waals surface area (Å²) >= 11 is 0. The number of fused-ring (bicyclic) bond motifs is 5. The van der Waals surface area contributed by atoms with Crippen molar-refractivity contribution in [2.45, 2.75) is 56.5 Å². The highest BCUT2D eigenvalue weighted by atomic mass is 19.1. The van der Waals surface area contributed by atoms with E-state index >= 15 is 0 Å². The average molecular weight is 551 g/mol. The van der Waals surface area contributed by atoms with Crippen molar-refractivity contribution in [1.29, 1.82) is 0 Å². The van der Waals surface area contributed by atoms with Gasteiger partial charge in [0.15, 0.2) is 11.4 Å². The zero-order valence-corrected chi connectivity index (χ0v) is 21.7. The summed E-state index contributed by atoms with van der Waals surface area (Å²) in [6.07, 6.45) is 2.72. The van der Waals surface area contributed by atoms with Gasteiger partial charge in [0.2, 0.25) is 5.43 Å². The van der Waals surface area contributed by atoms with E-state index < -0.39 is 51.8 Å². The Balaban J connectivity index is 1.50. The molecule has 3 aliphatic rings. The van der Waals surface area contributed by atoms with E-state index in [9.17, 15) is 28.3 Å². The second-order valence-electron chi connectivity index (χ2n) is 10.8. The topological polar surface area (TPSA) is 118 Å². The summed E-state index contributed by atoms with van der Waals surface area (Å²) < 4.78 is 29.9. The van der Waals surface area contributed by atoms with Gasteiger partial charge in [0.1, 0.15) is 22.8 Å². The number of halogens is 2. The monoisotopic (exact) mass is 550 g/mol. The molecule has 2 amide bonds. The van der Waals surface area contributed by atoms with Crippen molar-refractivity contribution in [1.82, 2.24) is 14.5 Å². The zero-order valence-electron chi connectivity index (χ0n) is 21.7. The quantitative estimate of drug-likeness (QED) is 0.514. The Morgan fingerprint density at radius 3 is 2.62 bits per heavy atom. The van der Waals surface area contributed by atoms with Crippen molar-refractivity contribution in [2.24, 2.45) is 5.73 Å². The molecule has 3 N–H and O–H groups in total. The lowest BCUT2D eigenvalue weighted by Crippen LogP contribution is -2.52. The fourth-order valence-electron chi connectivity index (χ4n) is 6.35. The zero-order chi connectivity index (χ0) is 28.3. The Morgan fingerprint density at radius 2 is 1.93 bits per heavy atom. The first-order chi connectivity index (χ1) is 19.1. The van der Waals surface area contributed by atoms with Gasteiger partial charge in [0, 0.05) is 36.8 Å². The third-order valence-corrected chi connectivity index (χ3v) is 8.48. The number of benzene rings is 2. The van der Waals surface area contributed by atoms with E-state index in [4.69, 9.17) is 10.6 Å². The predicted molar refractivity (Wildman–Crippen MR) is 139 cm³/mol. The first-order valence-electron chi connectivity index (χ1n) is 13.1. The van der Waals surface area contributed by atoms with Crippen LogP contribution < -0.4 is 11.2 Å². The van der Waals surface area contributed by atoms with Crippen LogP contribution in [0, 0.1) is 11.6 Å². The van der Waals surface area contributed by atoms with Crippen molar-refractivity contribution < 1.29 is 28.3 Å². The normalized spacial score (nSPS) is 26.1. The number of primary amides is 1. The molecule has 9 nitrogen and oxygen atoms in total. The van der Waals surface area contributed by atoms with Crippen molar-refractivity contribution in [3.8, 4) is 5.75 Å². The fraction of sp³-hybridized carbons (Fsp3) is 0.345. The molecule has 0 radical (unpaired) electrons. The van der Waals surface area contributed by atoms with Crippen molar-refractivity contribution in [2.75, 3.05) is 6.54 Å². The first-order valence-corrected chi connectivity index (χ1v) is 13.1. The summed E-state index contributed by atoms with van der Waals surface area (Å²) in [6, 6.07) is 11.8. The molecular formula is C29H28F2N4O5. The van der Waals surface area contributed by atoms with E-state index in [1.807, 2.05) is 37.3 Å². The van der Waals surface area contributed by atoms with Crippen LogP contribution in [0.3, 0.4) is 0 Å². The molecule has 4 heterocycles. The largest absolute Gasteiger partial charge is 0.503 e. The van der Waals surface area contributed by atoms with Crippen LogP contribution in [0.4, 0.5) is 8.78 Å². The minimum absolute atomic E-state index is 0.0210. The van der Waals surface area contributed by atoms with Gasteiger partial charge in [-0.2, -0.15) is 5.06 Å². The number of aromatic hydroxyl groups is 1. The van der Waals surface area contributed by atoms with Crippen LogP contribution in [-0.4, -0.2) is 49.6 Å². The second kappa shape index (κ2) is 9.53. The highest BCUT2D eigenvalue weighted by Gasteiger charge is 2.56. The molecule has 40 heavy (non-hydrogen) atoms. The van der Waals surface area contributed by atoms with Crippen LogP contribution in [0.15, 0.2) is 59.5 Å². The molecule has 1 aromatic heterocycles. The van der Waals surface area contributed by atoms with Crippen molar-refractivity contribution in [3.05, 3.63) is 99.0 Å². The lowest BCUT2D eigenvalue weighted by Gasteiger charge is -2.42. The number of nitrogens with two attached hydrogens (primary N) is 1. The molecule has 11 heteroatoms. The SMILES string of the molecule is C[C@H]1CC[C@]2(CC(c3ccccc3)N(Cc3ccc(F)cc3F)O2)[C@H]2CN1C(=O)c1c(O)c(=O)c(C(N)=O)cn12. The minimum Gasteiger partial charge on any atom is -0.503 e. The number of rotatable bonds is 4. The van der Waals surface area contributed by atoms with Gasteiger partial charge in [0.25, 0.3) is 11.8 Å². The molecule has 1 spiro atoms. The summed E-state index contributed by atoms with van der Waals surface area (Å²) in [4.78, 5) is 46.7. The van der Waals surface area contributed by atoms with Gasteiger partial charge in [0.05, 0.1) is 18.6 Å². The fourth-order valence-corrected chi connectivity index (χ4v) is 6.35. The number of hydroxylamine groups is 2. The maximum Gasteiger partial charge on any atom is 0.274 e. The average Bonchev–Trinajstić information content (AvgIpc) is 3.24.